The summed E-state index contributed by atoms with van der Waals surface area (Å²) in [6.07, 6.45) is 5.95. The number of rotatable bonds is 0. The van der Waals surface area contributed by atoms with E-state index in [0.717, 1.165) is 24.4 Å². The third kappa shape index (κ3) is 1.44. The van der Waals surface area contributed by atoms with Crippen LogP contribution in [-0.4, -0.2) is 15.2 Å². The van der Waals surface area contributed by atoms with Gasteiger partial charge in [0.25, 0.3) is 0 Å². The second-order valence-corrected chi connectivity index (χ2v) is 3.31. The van der Waals surface area contributed by atoms with Gasteiger partial charge in [-0.25, -0.2) is 4.98 Å². The molecule has 64 valence electrons. The fourth-order valence-electron chi connectivity index (χ4n) is 1.63. The Hall–Kier alpha value is -0.990. The van der Waals surface area contributed by atoms with Crippen LogP contribution in [0.25, 0.3) is 0 Å². The van der Waals surface area contributed by atoms with E-state index in [4.69, 9.17) is 0 Å². The van der Waals surface area contributed by atoms with E-state index in [-0.39, 0.29) is 0 Å². The Morgan fingerprint density at radius 1 is 0.917 bits per heavy atom. The summed E-state index contributed by atoms with van der Waals surface area (Å²) in [6, 6.07) is 0. The molecule has 0 bridgehead atoms. The van der Waals surface area contributed by atoms with E-state index in [1.807, 2.05) is 6.92 Å². The summed E-state index contributed by atoms with van der Waals surface area (Å²) in [6.45, 7) is 1.90. The molecular weight excluding hydrogens is 150 g/mol. The van der Waals surface area contributed by atoms with E-state index in [0.29, 0.717) is 0 Å². The van der Waals surface area contributed by atoms with Crippen LogP contribution in [0.3, 0.4) is 0 Å². The molecule has 1 heterocycles. The second kappa shape index (κ2) is 3.17. The Morgan fingerprint density at radius 2 is 1.67 bits per heavy atom. The molecule has 12 heavy (non-hydrogen) atoms. The van der Waals surface area contributed by atoms with E-state index < -0.39 is 0 Å². The molecule has 0 radical (unpaired) electrons. The van der Waals surface area contributed by atoms with Crippen LogP contribution in [0.2, 0.25) is 0 Å². The first kappa shape index (κ1) is 7.65. The lowest BCUT2D eigenvalue weighted by Gasteiger charge is -2.01. The summed E-state index contributed by atoms with van der Waals surface area (Å²) in [7, 11) is 0. The maximum absolute atomic E-state index is 4.40. The topological polar surface area (TPSA) is 38.7 Å². The molecule has 1 aliphatic carbocycles. The number of nitrogens with zero attached hydrogens (tertiary/aromatic N) is 3. The van der Waals surface area contributed by atoms with Gasteiger partial charge in [-0.3, -0.25) is 0 Å². The summed E-state index contributed by atoms with van der Waals surface area (Å²) in [4.78, 5) is 4.40. The standard InChI is InChI=1S/C9H13N3/c1-7-10-8-5-3-2-4-6-9(8)12-11-7/h2-6H2,1H3. The summed E-state index contributed by atoms with van der Waals surface area (Å²) >= 11 is 0. The number of fused-ring (bicyclic) bond motifs is 1. The van der Waals surface area contributed by atoms with Gasteiger partial charge in [-0.2, -0.15) is 5.10 Å². The van der Waals surface area contributed by atoms with E-state index >= 15 is 0 Å². The molecule has 0 fully saturated rings. The Balaban J connectivity index is 2.36. The van der Waals surface area contributed by atoms with Crippen molar-refractivity contribution in [3.63, 3.8) is 0 Å². The van der Waals surface area contributed by atoms with E-state index in [2.05, 4.69) is 15.2 Å². The fraction of sp³-hybridized carbons (Fsp3) is 0.667. The van der Waals surface area contributed by atoms with Gasteiger partial charge >= 0.3 is 0 Å². The van der Waals surface area contributed by atoms with Crippen LogP contribution in [0.15, 0.2) is 0 Å². The van der Waals surface area contributed by atoms with Crippen molar-refractivity contribution in [1.82, 2.24) is 15.2 Å². The lowest BCUT2D eigenvalue weighted by Crippen LogP contribution is -2.03. The Kier molecular flexibility index (Phi) is 2.02. The van der Waals surface area contributed by atoms with Gasteiger partial charge in [0.2, 0.25) is 0 Å². The Bertz CT molecular complexity index is 283. The first-order chi connectivity index (χ1) is 5.86. The van der Waals surface area contributed by atoms with Crippen molar-refractivity contribution in [2.75, 3.05) is 0 Å². The van der Waals surface area contributed by atoms with Crippen LogP contribution in [0, 0.1) is 6.92 Å². The Morgan fingerprint density at radius 3 is 2.50 bits per heavy atom. The molecule has 0 aromatic carbocycles. The van der Waals surface area contributed by atoms with Crippen molar-refractivity contribution in [2.45, 2.75) is 39.0 Å². The molecule has 0 atom stereocenters. The monoisotopic (exact) mass is 163 g/mol. The average Bonchev–Trinajstić information content (AvgIpc) is 2.28. The number of hydrogen-bond donors (Lipinski definition) is 0. The zero-order chi connectivity index (χ0) is 8.39. The molecule has 1 aliphatic rings. The first-order valence-electron chi connectivity index (χ1n) is 4.55. The summed E-state index contributed by atoms with van der Waals surface area (Å²) < 4.78 is 0. The largest absolute Gasteiger partial charge is 0.234 e. The van der Waals surface area contributed by atoms with Crippen molar-refractivity contribution >= 4 is 0 Å². The summed E-state index contributed by atoms with van der Waals surface area (Å²) in [5.41, 5.74) is 2.30. The lowest BCUT2D eigenvalue weighted by atomic mass is 10.2. The molecular formula is C9H13N3. The Labute approximate surface area is 72.2 Å². The molecule has 1 aromatic rings. The van der Waals surface area contributed by atoms with E-state index in [1.165, 1.54) is 25.0 Å². The third-order valence-corrected chi connectivity index (χ3v) is 2.27. The normalized spacial score (nSPS) is 16.8. The zero-order valence-corrected chi connectivity index (χ0v) is 7.38. The van der Waals surface area contributed by atoms with Crippen LogP contribution >= 0.6 is 0 Å². The molecule has 0 saturated carbocycles. The van der Waals surface area contributed by atoms with Gasteiger partial charge in [0.05, 0.1) is 11.4 Å². The van der Waals surface area contributed by atoms with Gasteiger partial charge < -0.3 is 0 Å². The van der Waals surface area contributed by atoms with Crippen molar-refractivity contribution in [1.29, 1.82) is 0 Å². The predicted octanol–water partition coefficient (Wildman–Crippen LogP) is 1.45. The summed E-state index contributed by atoms with van der Waals surface area (Å²) in [5, 5.41) is 8.14. The molecule has 0 amide bonds. The fourth-order valence-corrected chi connectivity index (χ4v) is 1.63. The maximum Gasteiger partial charge on any atom is 0.148 e. The molecule has 0 N–H and O–H groups in total. The smallest absolute Gasteiger partial charge is 0.148 e. The minimum atomic E-state index is 0.802. The second-order valence-electron chi connectivity index (χ2n) is 3.31. The molecule has 0 aliphatic heterocycles. The van der Waals surface area contributed by atoms with Crippen molar-refractivity contribution < 1.29 is 0 Å². The molecule has 0 spiro atoms. The SMILES string of the molecule is Cc1nnc2c(n1)CCCCC2. The van der Waals surface area contributed by atoms with Crippen LogP contribution in [0.1, 0.15) is 36.5 Å². The van der Waals surface area contributed by atoms with E-state index in [1.54, 1.807) is 0 Å². The minimum absolute atomic E-state index is 0.802. The quantitative estimate of drug-likeness (QED) is 0.543. The number of aromatic nitrogens is 3. The van der Waals surface area contributed by atoms with Crippen LogP contribution in [0.5, 0.6) is 0 Å². The van der Waals surface area contributed by atoms with Gasteiger partial charge in [-0.15, -0.1) is 5.10 Å². The van der Waals surface area contributed by atoms with Crippen molar-refractivity contribution in [2.24, 2.45) is 0 Å². The molecule has 3 heteroatoms. The highest BCUT2D eigenvalue weighted by atomic mass is 15.2. The number of aryl methyl sites for hydroxylation is 3. The minimum Gasteiger partial charge on any atom is -0.234 e. The van der Waals surface area contributed by atoms with Crippen LogP contribution in [0.4, 0.5) is 0 Å². The molecule has 2 rings (SSSR count). The van der Waals surface area contributed by atoms with Gasteiger partial charge in [-0.1, -0.05) is 6.42 Å². The molecule has 0 saturated heterocycles. The van der Waals surface area contributed by atoms with Gasteiger partial charge in [-0.05, 0) is 32.6 Å². The highest BCUT2D eigenvalue weighted by molar-refractivity contribution is 5.11. The van der Waals surface area contributed by atoms with Crippen molar-refractivity contribution in [3.8, 4) is 0 Å². The molecule has 1 aromatic heterocycles. The molecule has 0 unspecified atom stereocenters. The first-order valence-corrected chi connectivity index (χ1v) is 4.55. The highest BCUT2D eigenvalue weighted by Gasteiger charge is 2.10. The van der Waals surface area contributed by atoms with Gasteiger partial charge in [0.15, 0.2) is 0 Å². The number of hydrogen-bond acceptors (Lipinski definition) is 3. The predicted molar refractivity (Wildman–Crippen MR) is 45.8 cm³/mol. The lowest BCUT2D eigenvalue weighted by molar-refractivity contribution is 0.705. The zero-order valence-electron chi connectivity index (χ0n) is 7.38. The van der Waals surface area contributed by atoms with Crippen LogP contribution in [-0.2, 0) is 12.8 Å². The van der Waals surface area contributed by atoms with Crippen molar-refractivity contribution in [3.05, 3.63) is 17.2 Å². The summed E-state index contributed by atoms with van der Waals surface area (Å²) in [5.74, 6) is 0.802. The maximum atomic E-state index is 4.40. The van der Waals surface area contributed by atoms with Gasteiger partial charge in [0, 0.05) is 0 Å². The highest BCUT2D eigenvalue weighted by Crippen LogP contribution is 2.15. The average molecular weight is 163 g/mol. The van der Waals surface area contributed by atoms with Crippen LogP contribution < -0.4 is 0 Å². The van der Waals surface area contributed by atoms with E-state index in [9.17, 15) is 0 Å². The third-order valence-electron chi connectivity index (χ3n) is 2.27. The van der Waals surface area contributed by atoms with Gasteiger partial charge in [0.1, 0.15) is 5.82 Å². The molecule has 3 nitrogen and oxygen atoms in total.